The van der Waals surface area contributed by atoms with Crippen LogP contribution in [0, 0.1) is 5.92 Å². The van der Waals surface area contributed by atoms with Crippen LogP contribution in [0.2, 0.25) is 18.1 Å². The van der Waals surface area contributed by atoms with Crippen LogP contribution in [0.5, 0.6) is 0 Å². The SMILES string of the molecule is CC(C)[C@H](O)C[C@H](O)C[C@@H](CCc1ccccc1)O[Si](C)(C)C(C)(C)C. The highest BCUT2D eigenvalue weighted by Gasteiger charge is 2.39. The third-order valence-electron chi connectivity index (χ3n) is 5.68. The third kappa shape index (κ3) is 7.91. The zero-order valence-corrected chi connectivity index (χ0v) is 18.8. The van der Waals surface area contributed by atoms with Crippen LogP contribution in [0.25, 0.3) is 0 Å². The summed E-state index contributed by atoms with van der Waals surface area (Å²) in [5.41, 5.74) is 1.30. The van der Waals surface area contributed by atoms with E-state index in [1.807, 2.05) is 19.9 Å². The predicted octanol–water partition coefficient (Wildman–Crippen LogP) is 5.17. The van der Waals surface area contributed by atoms with Gasteiger partial charge in [0.1, 0.15) is 0 Å². The Hall–Kier alpha value is -0.683. The molecule has 0 saturated heterocycles. The van der Waals surface area contributed by atoms with Gasteiger partial charge < -0.3 is 14.6 Å². The van der Waals surface area contributed by atoms with E-state index >= 15 is 0 Å². The van der Waals surface area contributed by atoms with Crippen LogP contribution in [0.15, 0.2) is 30.3 Å². The molecule has 0 saturated carbocycles. The standard InChI is InChI=1S/C22H40O3Si/c1-17(2)21(24)16-19(23)15-20(25-26(6,7)22(3,4)5)14-13-18-11-9-8-10-12-18/h8-12,17,19-21,23-24H,13-16H2,1-7H3/t19-,20-,21-/m1/s1. The number of hydrogen-bond acceptors (Lipinski definition) is 3. The van der Waals surface area contributed by atoms with E-state index in [-0.39, 0.29) is 17.1 Å². The molecule has 3 atom stereocenters. The van der Waals surface area contributed by atoms with E-state index in [9.17, 15) is 10.2 Å². The van der Waals surface area contributed by atoms with Gasteiger partial charge in [0.2, 0.25) is 0 Å². The molecule has 0 spiro atoms. The van der Waals surface area contributed by atoms with Gasteiger partial charge >= 0.3 is 0 Å². The molecule has 0 radical (unpaired) electrons. The lowest BCUT2D eigenvalue weighted by Gasteiger charge is -2.40. The lowest BCUT2D eigenvalue weighted by Crippen LogP contribution is -2.45. The van der Waals surface area contributed by atoms with E-state index in [4.69, 9.17) is 4.43 Å². The van der Waals surface area contributed by atoms with Crippen molar-refractivity contribution >= 4 is 8.32 Å². The van der Waals surface area contributed by atoms with Crippen molar-refractivity contribution in [1.29, 1.82) is 0 Å². The summed E-state index contributed by atoms with van der Waals surface area (Å²) < 4.78 is 6.63. The monoisotopic (exact) mass is 380 g/mol. The molecule has 4 heteroatoms. The molecule has 0 aliphatic heterocycles. The molecule has 0 amide bonds. The normalized spacial score (nSPS) is 16.5. The molecule has 1 aromatic rings. The topological polar surface area (TPSA) is 49.7 Å². The molecule has 1 aromatic carbocycles. The van der Waals surface area contributed by atoms with E-state index in [1.165, 1.54) is 5.56 Å². The first-order chi connectivity index (χ1) is 11.9. The lowest BCUT2D eigenvalue weighted by atomic mass is 9.96. The maximum atomic E-state index is 10.5. The van der Waals surface area contributed by atoms with Crippen LogP contribution < -0.4 is 0 Å². The van der Waals surface area contributed by atoms with Gasteiger partial charge in [-0.3, -0.25) is 0 Å². The number of hydrogen-bond donors (Lipinski definition) is 2. The Morgan fingerprint density at radius 1 is 1.00 bits per heavy atom. The average molecular weight is 381 g/mol. The second kappa shape index (κ2) is 10.0. The molecule has 0 heterocycles. The highest BCUT2D eigenvalue weighted by molar-refractivity contribution is 6.74. The summed E-state index contributed by atoms with van der Waals surface area (Å²) in [6, 6.07) is 10.4. The number of aryl methyl sites for hydroxylation is 1. The summed E-state index contributed by atoms with van der Waals surface area (Å²) in [5, 5.41) is 20.7. The Balaban J connectivity index is 2.77. The van der Waals surface area contributed by atoms with Gasteiger partial charge in [-0.25, -0.2) is 0 Å². The van der Waals surface area contributed by atoms with E-state index in [2.05, 4.69) is 58.1 Å². The molecule has 0 unspecified atom stereocenters. The molecule has 150 valence electrons. The van der Waals surface area contributed by atoms with Gasteiger partial charge in [0.25, 0.3) is 0 Å². The first kappa shape index (κ1) is 23.4. The fourth-order valence-electron chi connectivity index (χ4n) is 2.74. The Morgan fingerprint density at radius 3 is 2.08 bits per heavy atom. The van der Waals surface area contributed by atoms with E-state index in [0.717, 1.165) is 12.8 Å². The van der Waals surface area contributed by atoms with Gasteiger partial charge in [-0.2, -0.15) is 0 Å². The summed E-state index contributed by atoms with van der Waals surface area (Å²) >= 11 is 0. The first-order valence-corrected chi connectivity index (χ1v) is 12.9. The average Bonchev–Trinajstić information content (AvgIpc) is 2.52. The smallest absolute Gasteiger partial charge is 0.192 e. The van der Waals surface area contributed by atoms with Gasteiger partial charge in [0.05, 0.1) is 12.2 Å². The van der Waals surface area contributed by atoms with Crippen LogP contribution in [0.4, 0.5) is 0 Å². The van der Waals surface area contributed by atoms with Crippen molar-refractivity contribution in [1.82, 2.24) is 0 Å². The molecular weight excluding hydrogens is 340 g/mol. The molecule has 3 nitrogen and oxygen atoms in total. The van der Waals surface area contributed by atoms with Crippen molar-refractivity contribution in [2.75, 3.05) is 0 Å². The summed E-state index contributed by atoms with van der Waals surface area (Å²) in [6.45, 7) is 15.2. The molecule has 2 N–H and O–H groups in total. The van der Waals surface area contributed by atoms with Crippen LogP contribution >= 0.6 is 0 Å². The van der Waals surface area contributed by atoms with Gasteiger partial charge in [0, 0.05) is 6.10 Å². The summed E-state index contributed by atoms with van der Waals surface area (Å²) in [4.78, 5) is 0. The Labute approximate surface area is 161 Å². The number of benzene rings is 1. The fraction of sp³-hybridized carbons (Fsp3) is 0.727. The molecule has 0 aliphatic carbocycles. The zero-order valence-electron chi connectivity index (χ0n) is 17.8. The second-order valence-electron chi connectivity index (χ2n) is 9.46. The minimum atomic E-state index is -1.91. The Kier molecular flexibility index (Phi) is 9.00. The highest BCUT2D eigenvalue weighted by Crippen LogP contribution is 2.38. The molecule has 0 fully saturated rings. The van der Waals surface area contributed by atoms with Crippen molar-refractivity contribution in [3.05, 3.63) is 35.9 Å². The van der Waals surface area contributed by atoms with Crippen molar-refractivity contribution in [3.63, 3.8) is 0 Å². The number of rotatable bonds is 10. The number of aliphatic hydroxyl groups excluding tert-OH is 2. The van der Waals surface area contributed by atoms with Crippen molar-refractivity contribution in [3.8, 4) is 0 Å². The van der Waals surface area contributed by atoms with Gasteiger partial charge in [-0.15, -0.1) is 0 Å². The van der Waals surface area contributed by atoms with Crippen molar-refractivity contribution in [2.24, 2.45) is 5.92 Å². The van der Waals surface area contributed by atoms with E-state index < -0.39 is 20.5 Å². The van der Waals surface area contributed by atoms with Crippen LogP contribution in [0.1, 0.15) is 59.4 Å². The summed E-state index contributed by atoms with van der Waals surface area (Å²) in [5.74, 6) is 0.161. The van der Waals surface area contributed by atoms with Gasteiger partial charge in [-0.05, 0) is 55.3 Å². The highest BCUT2D eigenvalue weighted by atomic mass is 28.4. The quantitative estimate of drug-likeness (QED) is 0.551. The largest absolute Gasteiger partial charge is 0.414 e. The fourth-order valence-corrected chi connectivity index (χ4v) is 4.14. The van der Waals surface area contributed by atoms with Crippen molar-refractivity contribution in [2.45, 2.75) is 96.7 Å². The Morgan fingerprint density at radius 2 is 1.58 bits per heavy atom. The molecule has 1 rings (SSSR count). The summed E-state index contributed by atoms with van der Waals surface area (Å²) in [7, 11) is -1.91. The van der Waals surface area contributed by atoms with E-state index in [0.29, 0.717) is 12.8 Å². The third-order valence-corrected chi connectivity index (χ3v) is 10.2. The van der Waals surface area contributed by atoms with Crippen LogP contribution in [-0.2, 0) is 10.8 Å². The number of aliphatic hydroxyl groups is 2. The van der Waals surface area contributed by atoms with Gasteiger partial charge in [0.15, 0.2) is 8.32 Å². The van der Waals surface area contributed by atoms with Crippen molar-refractivity contribution < 1.29 is 14.6 Å². The molecule has 0 aliphatic rings. The molecule has 26 heavy (non-hydrogen) atoms. The second-order valence-corrected chi connectivity index (χ2v) is 14.2. The maximum Gasteiger partial charge on any atom is 0.192 e. The van der Waals surface area contributed by atoms with E-state index in [1.54, 1.807) is 0 Å². The maximum absolute atomic E-state index is 10.5. The minimum absolute atomic E-state index is 0.0189. The first-order valence-electron chi connectivity index (χ1n) is 10.00. The molecular formula is C22H40O3Si. The minimum Gasteiger partial charge on any atom is -0.414 e. The molecule has 0 aromatic heterocycles. The Bertz CT molecular complexity index is 508. The predicted molar refractivity (Wildman–Crippen MR) is 113 cm³/mol. The van der Waals surface area contributed by atoms with Crippen LogP contribution in [0.3, 0.4) is 0 Å². The molecule has 0 bridgehead atoms. The van der Waals surface area contributed by atoms with Gasteiger partial charge in [-0.1, -0.05) is 65.0 Å². The lowest BCUT2D eigenvalue weighted by molar-refractivity contribution is 0.0254. The zero-order chi connectivity index (χ0) is 20.0. The van der Waals surface area contributed by atoms with Crippen LogP contribution in [-0.4, -0.2) is 36.8 Å². The summed E-state index contributed by atoms with van der Waals surface area (Å²) in [6.07, 6.45) is 1.87.